The first-order valence-electron chi connectivity index (χ1n) is 5.32. The molecule has 0 bridgehead atoms. The molecule has 0 saturated carbocycles. The van der Waals surface area contributed by atoms with Crippen LogP contribution in [-0.4, -0.2) is 5.11 Å². The minimum Gasteiger partial charge on any atom is -0.469 e. The summed E-state index contributed by atoms with van der Waals surface area (Å²) in [5.74, 6) is 0.823. The topological polar surface area (TPSA) is 33.4 Å². The molecule has 0 aliphatic heterocycles. The molecule has 1 heterocycles. The second-order valence-electron chi connectivity index (χ2n) is 3.72. The highest BCUT2D eigenvalue weighted by atomic mass is 79.9. The van der Waals surface area contributed by atoms with E-state index < -0.39 is 6.10 Å². The van der Waals surface area contributed by atoms with Crippen LogP contribution in [0, 0.1) is 0 Å². The highest BCUT2D eigenvalue weighted by Crippen LogP contribution is 2.32. The van der Waals surface area contributed by atoms with Gasteiger partial charge in [-0.05, 0) is 24.3 Å². The molecule has 0 radical (unpaired) electrons. The van der Waals surface area contributed by atoms with Crippen LogP contribution < -0.4 is 0 Å². The van der Waals surface area contributed by atoms with Crippen molar-refractivity contribution < 1.29 is 9.52 Å². The fraction of sp³-hybridized carbons (Fsp3) is 0.231. The maximum absolute atomic E-state index is 10.4. The van der Waals surface area contributed by atoms with E-state index >= 15 is 0 Å². The summed E-state index contributed by atoms with van der Waals surface area (Å²) in [6.07, 6.45) is 1.71. The van der Waals surface area contributed by atoms with Gasteiger partial charge in [0.2, 0.25) is 0 Å². The van der Waals surface area contributed by atoms with Crippen molar-refractivity contribution in [2.45, 2.75) is 19.4 Å². The zero-order valence-electron chi connectivity index (χ0n) is 9.28. The van der Waals surface area contributed by atoms with Crippen LogP contribution in [0.15, 0.2) is 43.9 Å². The van der Waals surface area contributed by atoms with E-state index in [9.17, 15) is 5.11 Å². The number of aliphatic hydroxyl groups excluding tert-OH is 1. The Hall–Kier alpha value is -0.580. The molecule has 0 saturated heterocycles. The van der Waals surface area contributed by atoms with E-state index in [4.69, 9.17) is 4.42 Å². The first-order chi connectivity index (χ1) is 8.13. The average molecular weight is 360 g/mol. The average Bonchev–Trinajstić information content (AvgIpc) is 2.79. The van der Waals surface area contributed by atoms with Gasteiger partial charge < -0.3 is 9.52 Å². The summed E-state index contributed by atoms with van der Waals surface area (Å²) in [7, 11) is 0. The van der Waals surface area contributed by atoms with Gasteiger partial charge in [-0.15, -0.1) is 0 Å². The van der Waals surface area contributed by atoms with Gasteiger partial charge in [0.1, 0.15) is 11.9 Å². The van der Waals surface area contributed by atoms with Crippen LogP contribution in [0.1, 0.15) is 29.9 Å². The lowest BCUT2D eigenvalue weighted by Gasteiger charge is -2.13. The molecule has 2 nitrogen and oxygen atoms in total. The van der Waals surface area contributed by atoms with E-state index in [1.54, 1.807) is 6.26 Å². The van der Waals surface area contributed by atoms with Crippen LogP contribution in [-0.2, 0) is 6.42 Å². The van der Waals surface area contributed by atoms with Crippen molar-refractivity contribution in [1.82, 2.24) is 0 Å². The molecule has 0 aliphatic rings. The van der Waals surface area contributed by atoms with E-state index in [1.165, 1.54) is 0 Å². The van der Waals surface area contributed by atoms with E-state index in [1.807, 2.05) is 31.2 Å². The molecule has 90 valence electrons. The molecule has 0 fully saturated rings. The van der Waals surface area contributed by atoms with Gasteiger partial charge >= 0.3 is 0 Å². The summed E-state index contributed by atoms with van der Waals surface area (Å²) in [4.78, 5) is 0. The third kappa shape index (κ3) is 2.64. The van der Waals surface area contributed by atoms with Crippen molar-refractivity contribution in [3.63, 3.8) is 0 Å². The SMILES string of the molecule is CCc1occc1C(O)c1cc(Br)ccc1Br. The second kappa shape index (κ2) is 5.38. The highest BCUT2D eigenvalue weighted by Gasteiger charge is 2.18. The largest absolute Gasteiger partial charge is 0.469 e. The fourth-order valence-corrected chi connectivity index (χ4v) is 2.62. The standard InChI is InChI=1S/C13H12Br2O2/c1-2-12-9(5-6-17-12)13(16)10-7-8(14)3-4-11(10)15/h3-7,13,16H,2H2,1H3. The number of furan rings is 1. The van der Waals surface area contributed by atoms with E-state index in [-0.39, 0.29) is 0 Å². The van der Waals surface area contributed by atoms with Crippen LogP contribution in [0.4, 0.5) is 0 Å². The lowest BCUT2D eigenvalue weighted by atomic mass is 10.0. The van der Waals surface area contributed by atoms with Gasteiger partial charge in [0.25, 0.3) is 0 Å². The maximum Gasteiger partial charge on any atom is 0.109 e. The minimum absolute atomic E-state index is 0.671. The van der Waals surface area contributed by atoms with E-state index in [0.29, 0.717) is 0 Å². The van der Waals surface area contributed by atoms with E-state index in [2.05, 4.69) is 31.9 Å². The number of benzene rings is 1. The third-order valence-corrected chi connectivity index (χ3v) is 3.86. The summed E-state index contributed by atoms with van der Waals surface area (Å²) in [6, 6.07) is 7.56. The maximum atomic E-state index is 10.4. The Morgan fingerprint density at radius 2 is 2.00 bits per heavy atom. The number of rotatable bonds is 3. The summed E-state index contributed by atoms with van der Waals surface area (Å²) in [5.41, 5.74) is 1.65. The minimum atomic E-state index is -0.671. The third-order valence-electron chi connectivity index (χ3n) is 2.65. The molecular weight excluding hydrogens is 348 g/mol. The van der Waals surface area contributed by atoms with Gasteiger partial charge in [-0.2, -0.15) is 0 Å². The van der Waals surface area contributed by atoms with Gasteiger partial charge in [0.15, 0.2) is 0 Å². The van der Waals surface area contributed by atoms with Crippen LogP contribution >= 0.6 is 31.9 Å². The molecule has 1 atom stereocenters. The van der Waals surface area contributed by atoms with Crippen molar-refractivity contribution >= 4 is 31.9 Å². The van der Waals surface area contributed by atoms with Crippen molar-refractivity contribution in [1.29, 1.82) is 0 Å². The smallest absolute Gasteiger partial charge is 0.109 e. The van der Waals surface area contributed by atoms with Gasteiger partial charge in [-0.3, -0.25) is 0 Å². The fourth-order valence-electron chi connectivity index (χ4n) is 1.77. The first-order valence-corrected chi connectivity index (χ1v) is 6.91. The first kappa shape index (κ1) is 12.9. The Balaban J connectivity index is 2.43. The lowest BCUT2D eigenvalue weighted by molar-refractivity contribution is 0.216. The molecule has 0 aliphatic carbocycles. The Labute approximate surface area is 117 Å². The second-order valence-corrected chi connectivity index (χ2v) is 5.49. The van der Waals surface area contributed by atoms with Crippen molar-refractivity contribution in [2.24, 2.45) is 0 Å². The normalized spacial score (nSPS) is 12.7. The summed E-state index contributed by atoms with van der Waals surface area (Å²) in [5, 5.41) is 10.4. The Morgan fingerprint density at radius 3 is 2.71 bits per heavy atom. The number of hydrogen-bond acceptors (Lipinski definition) is 2. The van der Waals surface area contributed by atoms with Gasteiger partial charge in [-0.25, -0.2) is 0 Å². The van der Waals surface area contributed by atoms with Crippen molar-refractivity contribution in [3.05, 3.63) is 56.4 Å². The van der Waals surface area contributed by atoms with Crippen molar-refractivity contribution in [3.8, 4) is 0 Å². The molecule has 17 heavy (non-hydrogen) atoms. The molecule has 2 rings (SSSR count). The molecular formula is C13H12Br2O2. The number of aryl methyl sites for hydroxylation is 1. The molecule has 1 unspecified atom stereocenters. The van der Waals surface area contributed by atoms with E-state index in [0.717, 1.165) is 32.3 Å². The number of aliphatic hydroxyl groups is 1. The van der Waals surface area contributed by atoms with Crippen molar-refractivity contribution in [2.75, 3.05) is 0 Å². The molecule has 4 heteroatoms. The Bertz CT molecular complexity index is 520. The summed E-state index contributed by atoms with van der Waals surface area (Å²) < 4.78 is 7.17. The number of hydrogen-bond donors (Lipinski definition) is 1. The highest BCUT2D eigenvalue weighted by molar-refractivity contribution is 9.11. The predicted molar refractivity (Wildman–Crippen MR) is 74.0 cm³/mol. The predicted octanol–water partition coefficient (Wildman–Crippen LogP) is 4.45. The van der Waals surface area contributed by atoms with Gasteiger partial charge in [0.05, 0.1) is 6.26 Å². The van der Waals surface area contributed by atoms with Crippen LogP contribution in [0.3, 0.4) is 0 Å². The van der Waals surface area contributed by atoms with Gasteiger partial charge in [0, 0.05) is 26.5 Å². The summed E-state index contributed by atoms with van der Waals surface area (Å²) >= 11 is 6.86. The van der Waals surface area contributed by atoms with Crippen LogP contribution in [0.5, 0.6) is 0 Å². The zero-order chi connectivity index (χ0) is 12.4. The quantitative estimate of drug-likeness (QED) is 0.878. The summed E-state index contributed by atoms with van der Waals surface area (Å²) in [6.45, 7) is 2.00. The molecule has 0 spiro atoms. The zero-order valence-corrected chi connectivity index (χ0v) is 12.5. The molecule has 2 aromatic rings. The van der Waals surface area contributed by atoms with Gasteiger partial charge in [-0.1, -0.05) is 38.8 Å². The number of halogens is 2. The lowest BCUT2D eigenvalue weighted by Crippen LogP contribution is -2.02. The molecule has 1 N–H and O–H groups in total. The van der Waals surface area contributed by atoms with Crippen LogP contribution in [0.2, 0.25) is 0 Å². The molecule has 1 aromatic heterocycles. The van der Waals surface area contributed by atoms with Crippen LogP contribution in [0.25, 0.3) is 0 Å². The monoisotopic (exact) mass is 358 g/mol. The Morgan fingerprint density at radius 1 is 1.24 bits per heavy atom. The molecule has 1 aromatic carbocycles. The molecule has 0 amide bonds. The Kier molecular flexibility index (Phi) is 4.07.